The van der Waals surface area contributed by atoms with Crippen molar-refractivity contribution in [3.63, 3.8) is 0 Å². The molecular weight excluding hydrogens is 328 g/mol. The molecule has 0 aliphatic heterocycles. The summed E-state index contributed by atoms with van der Waals surface area (Å²) in [4.78, 5) is 38.2. The smallest absolute Gasteiger partial charge is 0.170 e. The van der Waals surface area contributed by atoms with Crippen LogP contribution in [0.2, 0.25) is 0 Å². The Labute approximate surface area is 152 Å². The first kappa shape index (κ1) is 16.9. The van der Waals surface area contributed by atoms with Gasteiger partial charge in [0.2, 0.25) is 0 Å². The van der Waals surface area contributed by atoms with Crippen molar-refractivity contribution in [1.29, 1.82) is 0 Å². The zero-order valence-corrected chi connectivity index (χ0v) is 14.6. The van der Waals surface area contributed by atoms with Crippen LogP contribution in [0.4, 0.5) is 0 Å². The summed E-state index contributed by atoms with van der Waals surface area (Å²) in [5.41, 5.74) is 1.87. The summed E-state index contributed by atoms with van der Waals surface area (Å²) >= 11 is 0. The minimum atomic E-state index is -0.605. The van der Waals surface area contributed by atoms with Crippen LogP contribution in [0.5, 0.6) is 0 Å². The number of carbonyl (C=O) groups is 3. The summed E-state index contributed by atoms with van der Waals surface area (Å²) < 4.78 is 6.16. The highest BCUT2D eigenvalue weighted by molar-refractivity contribution is 6.17. The van der Waals surface area contributed by atoms with Gasteiger partial charge >= 0.3 is 0 Å². The number of ketones is 3. The Balaban J connectivity index is 1.67. The van der Waals surface area contributed by atoms with Gasteiger partial charge in [-0.25, -0.2) is 0 Å². The molecule has 4 heteroatoms. The summed E-state index contributed by atoms with van der Waals surface area (Å²) in [6, 6.07) is 16.6. The fourth-order valence-electron chi connectivity index (χ4n) is 4.16. The first-order valence-corrected chi connectivity index (χ1v) is 8.96. The van der Waals surface area contributed by atoms with Gasteiger partial charge in [-0.2, -0.15) is 0 Å². The van der Waals surface area contributed by atoms with Gasteiger partial charge in [-0.05, 0) is 12.5 Å². The molecule has 0 spiro atoms. The second-order valence-corrected chi connectivity index (χ2v) is 7.08. The van der Waals surface area contributed by atoms with Gasteiger partial charge in [-0.3, -0.25) is 14.4 Å². The predicted octanol–water partition coefficient (Wildman–Crippen LogP) is 3.81. The van der Waals surface area contributed by atoms with E-state index in [9.17, 15) is 14.4 Å². The molecule has 26 heavy (non-hydrogen) atoms. The zero-order valence-electron chi connectivity index (χ0n) is 14.6. The molecule has 0 amide bonds. The third-order valence-corrected chi connectivity index (χ3v) is 5.46. The maximum Gasteiger partial charge on any atom is 0.170 e. The summed E-state index contributed by atoms with van der Waals surface area (Å²) in [7, 11) is 0. The summed E-state index contributed by atoms with van der Waals surface area (Å²) in [5.74, 6) is -1.40. The molecule has 132 valence electrons. The molecule has 4 rings (SSSR count). The van der Waals surface area contributed by atoms with Crippen molar-refractivity contribution < 1.29 is 19.1 Å². The summed E-state index contributed by atoms with van der Waals surface area (Å²) in [5, 5.41) is 0. The Hall–Kier alpha value is -2.59. The highest BCUT2D eigenvalue weighted by Gasteiger charge is 2.50. The Morgan fingerprint density at radius 3 is 2.15 bits per heavy atom. The number of rotatable bonds is 3. The Morgan fingerprint density at radius 2 is 1.46 bits per heavy atom. The molecule has 0 aromatic heterocycles. The minimum Gasteiger partial charge on any atom is -0.369 e. The number of hydrogen-bond acceptors (Lipinski definition) is 4. The topological polar surface area (TPSA) is 60.4 Å². The van der Waals surface area contributed by atoms with Crippen LogP contribution in [-0.4, -0.2) is 23.5 Å². The number of carbonyl (C=O) groups excluding carboxylic acids is 3. The average Bonchev–Trinajstić information content (AvgIpc) is 2.66. The van der Waals surface area contributed by atoms with Crippen molar-refractivity contribution in [3.05, 3.63) is 71.3 Å². The third-order valence-electron chi connectivity index (χ3n) is 5.46. The monoisotopic (exact) mass is 348 g/mol. The molecule has 0 bridgehead atoms. The molecule has 1 fully saturated rings. The first-order valence-electron chi connectivity index (χ1n) is 8.96. The van der Waals surface area contributed by atoms with Crippen molar-refractivity contribution in [2.24, 2.45) is 11.8 Å². The summed E-state index contributed by atoms with van der Waals surface area (Å²) in [6.45, 7) is 1.91. The quantitative estimate of drug-likeness (QED) is 0.846. The Bertz CT molecular complexity index is 871. The minimum absolute atomic E-state index is 0.0166. The number of hydrogen-bond donors (Lipinski definition) is 0. The van der Waals surface area contributed by atoms with Gasteiger partial charge in [0.15, 0.2) is 11.6 Å². The number of ether oxygens (including phenoxy) is 1. The molecule has 4 nitrogen and oxygen atoms in total. The molecule has 0 N–H and O–H groups in total. The van der Waals surface area contributed by atoms with Gasteiger partial charge < -0.3 is 4.74 Å². The zero-order chi connectivity index (χ0) is 18.3. The lowest BCUT2D eigenvalue weighted by Crippen LogP contribution is -2.49. The Kier molecular flexibility index (Phi) is 4.29. The van der Waals surface area contributed by atoms with E-state index < -0.39 is 17.9 Å². The van der Waals surface area contributed by atoms with Gasteiger partial charge in [0.25, 0.3) is 0 Å². The molecule has 2 aromatic rings. The predicted molar refractivity (Wildman–Crippen MR) is 96.1 cm³/mol. The fraction of sp³-hybridized carbons (Fsp3) is 0.318. The van der Waals surface area contributed by atoms with E-state index in [1.807, 2.05) is 37.3 Å². The Morgan fingerprint density at radius 1 is 0.846 bits per heavy atom. The van der Waals surface area contributed by atoms with Crippen LogP contribution < -0.4 is 0 Å². The first-order chi connectivity index (χ1) is 12.6. The van der Waals surface area contributed by atoms with Crippen LogP contribution in [0.3, 0.4) is 0 Å². The van der Waals surface area contributed by atoms with E-state index in [4.69, 9.17) is 4.74 Å². The lowest BCUT2D eigenvalue weighted by Gasteiger charge is -2.39. The van der Waals surface area contributed by atoms with Crippen LogP contribution in [-0.2, 0) is 9.53 Å². The van der Waals surface area contributed by atoms with Gasteiger partial charge in [0, 0.05) is 29.9 Å². The van der Waals surface area contributed by atoms with Gasteiger partial charge in [0.05, 0.1) is 18.1 Å². The maximum atomic E-state index is 13.1. The van der Waals surface area contributed by atoms with Crippen LogP contribution in [0, 0.1) is 11.8 Å². The molecule has 2 aliphatic rings. The van der Waals surface area contributed by atoms with E-state index in [2.05, 4.69) is 0 Å². The fourth-order valence-corrected chi connectivity index (χ4v) is 4.16. The molecule has 0 unspecified atom stereocenters. The van der Waals surface area contributed by atoms with Crippen LogP contribution >= 0.6 is 0 Å². The summed E-state index contributed by atoms with van der Waals surface area (Å²) in [6.07, 6.45) is -0.517. The molecule has 2 aliphatic carbocycles. The van der Waals surface area contributed by atoms with E-state index >= 15 is 0 Å². The number of benzene rings is 2. The van der Waals surface area contributed by atoms with Gasteiger partial charge in [-0.15, -0.1) is 0 Å². The molecule has 0 saturated heterocycles. The van der Waals surface area contributed by atoms with Crippen molar-refractivity contribution in [1.82, 2.24) is 0 Å². The van der Waals surface area contributed by atoms with E-state index in [1.165, 1.54) is 0 Å². The van der Waals surface area contributed by atoms with E-state index in [-0.39, 0.29) is 36.3 Å². The van der Waals surface area contributed by atoms with Crippen LogP contribution in [0.15, 0.2) is 54.6 Å². The van der Waals surface area contributed by atoms with Crippen molar-refractivity contribution in [2.75, 3.05) is 0 Å². The van der Waals surface area contributed by atoms with Crippen molar-refractivity contribution in [3.8, 4) is 0 Å². The molecule has 2 aromatic carbocycles. The van der Waals surface area contributed by atoms with Crippen molar-refractivity contribution >= 4 is 17.3 Å². The number of fused-ring (bicyclic) bond motifs is 2. The molecule has 4 atom stereocenters. The maximum absolute atomic E-state index is 13.1. The number of Topliss-reactive ketones (excluding diaryl/α,β-unsaturated/α-hetero) is 3. The van der Waals surface area contributed by atoms with Crippen LogP contribution in [0.25, 0.3) is 0 Å². The standard InChI is InChI=1S/C22H20O4/c1-13(14-7-3-2-4-8-14)26-19-12-15(23)11-18-20(19)22(25)17-10-6-5-9-16(17)21(18)24/h2-10,13,18-20H,11-12H2,1H3/t13-,18-,19-,20+/m1/s1. The largest absolute Gasteiger partial charge is 0.369 e. The normalized spacial score (nSPS) is 26.2. The lowest BCUT2D eigenvalue weighted by atomic mass is 9.65. The third kappa shape index (κ3) is 2.80. The van der Waals surface area contributed by atoms with Crippen LogP contribution in [0.1, 0.15) is 52.1 Å². The molecular formula is C22H20O4. The SMILES string of the molecule is C[C@@H](O[C@@H]1CC(=O)C[C@H]2C(=O)c3ccccc3C(=O)[C@H]12)c1ccccc1. The van der Waals surface area contributed by atoms with E-state index in [0.717, 1.165) is 5.56 Å². The van der Waals surface area contributed by atoms with E-state index in [0.29, 0.717) is 11.1 Å². The second kappa shape index (κ2) is 6.61. The average molecular weight is 348 g/mol. The van der Waals surface area contributed by atoms with E-state index in [1.54, 1.807) is 24.3 Å². The highest BCUT2D eigenvalue weighted by atomic mass is 16.5. The molecule has 1 saturated carbocycles. The second-order valence-electron chi connectivity index (χ2n) is 7.08. The molecule has 0 radical (unpaired) electrons. The lowest BCUT2D eigenvalue weighted by molar-refractivity contribution is -0.131. The van der Waals surface area contributed by atoms with Gasteiger partial charge in [-0.1, -0.05) is 54.6 Å². The molecule has 0 heterocycles. The highest BCUT2D eigenvalue weighted by Crippen LogP contribution is 2.41. The van der Waals surface area contributed by atoms with Gasteiger partial charge in [0.1, 0.15) is 5.78 Å². The van der Waals surface area contributed by atoms with Crippen molar-refractivity contribution in [2.45, 2.75) is 32.0 Å².